The Morgan fingerprint density at radius 3 is 2.54 bits per heavy atom. The van der Waals surface area contributed by atoms with E-state index in [1.54, 1.807) is 9.36 Å². The van der Waals surface area contributed by atoms with Crippen LogP contribution in [-0.2, 0) is 6.67 Å². The van der Waals surface area contributed by atoms with E-state index in [0.29, 0.717) is 11.4 Å². The van der Waals surface area contributed by atoms with Crippen molar-refractivity contribution >= 4 is 29.5 Å². The number of nitrogens with one attached hydrogen (secondary N) is 1. The molecule has 3 aromatic rings. The molecule has 1 amide bonds. The van der Waals surface area contributed by atoms with E-state index in [4.69, 9.17) is 12.2 Å². The fourth-order valence-electron chi connectivity index (χ4n) is 3.56. The van der Waals surface area contributed by atoms with Crippen molar-refractivity contribution in [1.82, 2.24) is 24.7 Å². The number of tetrazole rings is 1. The summed E-state index contributed by atoms with van der Waals surface area (Å²) in [5, 5.41) is 10.5. The van der Waals surface area contributed by atoms with Crippen LogP contribution in [0.15, 0.2) is 35.7 Å². The number of amides is 1. The summed E-state index contributed by atoms with van der Waals surface area (Å²) in [6, 6.07) is 10.0. The van der Waals surface area contributed by atoms with E-state index >= 15 is 0 Å². The van der Waals surface area contributed by atoms with Gasteiger partial charge in [-0.3, -0.25) is 4.79 Å². The Labute approximate surface area is 172 Å². The van der Waals surface area contributed by atoms with Gasteiger partial charge < -0.3 is 9.80 Å². The second kappa shape index (κ2) is 7.94. The van der Waals surface area contributed by atoms with Gasteiger partial charge in [0, 0.05) is 0 Å². The average molecular weight is 416 g/mol. The molecule has 1 aliphatic heterocycles. The minimum atomic E-state index is 0.131. The highest BCUT2D eigenvalue weighted by Crippen LogP contribution is 2.13. The smallest absolute Gasteiger partial charge is 0.264 e. The fraction of sp³-hybridized carbons (Fsp3) is 0.368. The number of hydrogen-bond acceptors (Lipinski definition) is 5. The van der Waals surface area contributed by atoms with E-state index in [-0.39, 0.29) is 5.91 Å². The van der Waals surface area contributed by atoms with Gasteiger partial charge >= 0.3 is 0 Å². The number of benzene rings is 1. The zero-order chi connectivity index (χ0) is 19.7. The van der Waals surface area contributed by atoms with Gasteiger partial charge in [-0.1, -0.05) is 12.1 Å². The Bertz CT molecular complexity index is 1010. The van der Waals surface area contributed by atoms with Crippen molar-refractivity contribution in [1.29, 1.82) is 0 Å². The van der Waals surface area contributed by atoms with Gasteiger partial charge in [-0.15, -0.1) is 11.3 Å². The van der Waals surface area contributed by atoms with Crippen LogP contribution in [0.1, 0.15) is 20.8 Å². The summed E-state index contributed by atoms with van der Waals surface area (Å²) >= 11 is 7.10. The lowest BCUT2D eigenvalue weighted by atomic mass is 10.1. The van der Waals surface area contributed by atoms with Gasteiger partial charge in [-0.05, 0) is 71.2 Å². The topological polar surface area (TPSA) is 60.4 Å². The summed E-state index contributed by atoms with van der Waals surface area (Å²) in [6.07, 6.45) is 0. The summed E-state index contributed by atoms with van der Waals surface area (Å²) in [5.74, 6) is 0.131. The molecular formula is C19H23N6OS2+. The number of thiophene rings is 1. The predicted octanol–water partition coefficient (Wildman–Crippen LogP) is 1.48. The molecule has 7 nitrogen and oxygen atoms in total. The van der Waals surface area contributed by atoms with Crippen LogP contribution in [0.3, 0.4) is 0 Å². The van der Waals surface area contributed by atoms with Crippen LogP contribution >= 0.6 is 23.6 Å². The molecule has 4 rings (SSSR count). The number of nitrogens with zero attached hydrogens (tertiary/aromatic N) is 5. The quantitative estimate of drug-likeness (QED) is 0.656. The largest absolute Gasteiger partial charge is 0.327 e. The molecule has 146 valence electrons. The standard InChI is InChI=1S/C19H22N6OS2/c1-14-10-15(2)12-16(11-14)25-19(27)24(20-21-25)13-22-5-7-23(8-6-22)18(26)17-4-3-9-28-17/h3-4,9-12H,5-8,13H2,1-2H3/p+1. The first-order valence-electron chi connectivity index (χ1n) is 9.29. The molecule has 1 aromatic carbocycles. The van der Waals surface area contributed by atoms with Crippen LogP contribution in [0.2, 0.25) is 0 Å². The molecule has 0 aliphatic carbocycles. The highest BCUT2D eigenvalue weighted by Gasteiger charge is 2.25. The first kappa shape index (κ1) is 19.0. The van der Waals surface area contributed by atoms with Crippen molar-refractivity contribution in [2.75, 3.05) is 26.2 Å². The lowest BCUT2D eigenvalue weighted by molar-refractivity contribution is -0.927. The number of rotatable bonds is 4. The highest BCUT2D eigenvalue weighted by atomic mass is 32.1. The first-order chi connectivity index (χ1) is 13.5. The molecule has 3 heterocycles. The third-order valence-electron chi connectivity index (χ3n) is 4.95. The molecule has 9 heteroatoms. The van der Waals surface area contributed by atoms with Crippen LogP contribution in [0.4, 0.5) is 0 Å². The van der Waals surface area contributed by atoms with Crippen molar-refractivity contribution < 1.29 is 9.69 Å². The van der Waals surface area contributed by atoms with Gasteiger partial charge in [-0.25, -0.2) is 0 Å². The molecule has 1 aliphatic rings. The van der Waals surface area contributed by atoms with Crippen LogP contribution in [-0.4, -0.2) is 56.8 Å². The van der Waals surface area contributed by atoms with E-state index in [1.807, 2.05) is 22.4 Å². The number of hydrogen-bond donors (Lipinski definition) is 1. The van der Waals surface area contributed by atoms with Crippen molar-refractivity contribution in [2.45, 2.75) is 20.5 Å². The normalized spacial score (nSPS) is 15.1. The summed E-state index contributed by atoms with van der Waals surface area (Å²) in [6.45, 7) is 8.00. The number of carbonyl (C=O) groups excluding carboxylic acids is 1. The predicted molar refractivity (Wildman–Crippen MR) is 111 cm³/mol. The van der Waals surface area contributed by atoms with Crippen LogP contribution in [0, 0.1) is 18.6 Å². The minimum Gasteiger partial charge on any atom is -0.327 e. The van der Waals surface area contributed by atoms with Crippen molar-refractivity contribution in [3.8, 4) is 5.69 Å². The number of aromatic nitrogens is 4. The van der Waals surface area contributed by atoms with Gasteiger partial charge in [-0.2, -0.15) is 9.36 Å². The summed E-state index contributed by atoms with van der Waals surface area (Å²) in [4.78, 5) is 16.6. The number of carbonyl (C=O) groups is 1. The molecule has 0 radical (unpaired) electrons. The second-order valence-corrected chi connectivity index (χ2v) is 8.51. The summed E-state index contributed by atoms with van der Waals surface area (Å²) < 4.78 is 4.08. The van der Waals surface area contributed by atoms with Crippen LogP contribution in [0.25, 0.3) is 5.69 Å². The molecule has 1 saturated heterocycles. The van der Waals surface area contributed by atoms with Gasteiger partial charge in [0.1, 0.15) is 0 Å². The van der Waals surface area contributed by atoms with Crippen molar-refractivity contribution in [2.24, 2.45) is 0 Å². The summed E-state index contributed by atoms with van der Waals surface area (Å²) in [5.41, 5.74) is 3.28. The minimum absolute atomic E-state index is 0.131. The fourth-order valence-corrected chi connectivity index (χ4v) is 4.49. The molecule has 1 fully saturated rings. The van der Waals surface area contributed by atoms with E-state index in [9.17, 15) is 4.79 Å². The van der Waals surface area contributed by atoms with Crippen molar-refractivity contribution in [3.05, 3.63) is 56.5 Å². The lowest BCUT2D eigenvalue weighted by Gasteiger charge is -2.31. The molecule has 0 spiro atoms. The van der Waals surface area contributed by atoms with Crippen LogP contribution in [0.5, 0.6) is 0 Å². The van der Waals surface area contributed by atoms with Gasteiger partial charge in [0.05, 0.1) is 36.7 Å². The first-order valence-corrected chi connectivity index (χ1v) is 10.6. The molecular weight excluding hydrogens is 392 g/mol. The van der Waals surface area contributed by atoms with E-state index in [1.165, 1.54) is 27.4 Å². The van der Waals surface area contributed by atoms with E-state index < -0.39 is 0 Å². The Kier molecular flexibility index (Phi) is 5.38. The number of aryl methyl sites for hydroxylation is 2. The maximum absolute atomic E-state index is 12.5. The maximum Gasteiger partial charge on any atom is 0.264 e. The molecule has 0 bridgehead atoms. The Morgan fingerprint density at radius 2 is 1.89 bits per heavy atom. The van der Waals surface area contributed by atoms with E-state index in [2.05, 4.69) is 42.5 Å². The molecule has 28 heavy (non-hydrogen) atoms. The molecule has 0 atom stereocenters. The zero-order valence-corrected chi connectivity index (χ0v) is 17.6. The molecule has 1 N–H and O–H groups in total. The average Bonchev–Trinajstić information content (AvgIpc) is 3.32. The van der Waals surface area contributed by atoms with Gasteiger partial charge in [0.25, 0.3) is 5.91 Å². The van der Waals surface area contributed by atoms with Gasteiger partial charge in [0.15, 0.2) is 6.67 Å². The highest BCUT2D eigenvalue weighted by molar-refractivity contribution is 7.71. The third kappa shape index (κ3) is 3.91. The molecule has 0 unspecified atom stereocenters. The molecule has 0 saturated carbocycles. The number of quaternary nitrogens is 1. The molecule has 2 aromatic heterocycles. The Morgan fingerprint density at radius 1 is 1.18 bits per heavy atom. The number of piperazine rings is 1. The van der Waals surface area contributed by atoms with E-state index in [0.717, 1.165) is 36.7 Å². The lowest BCUT2D eigenvalue weighted by Crippen LogP contribution is -3.14. The second-order valence-electron chi connectivity index (χ2n) is 7.20. The monoisotopic (exact) mass is 415 g/mol. The Balaban J connectivity index is 1.41. The summed E-state index contributed by atoms with van der Waals surface area (Å²) in [7, 11) is 0. The van der Waals surface area contributed by atoms with Crippen LogP contribution < -0.4 is 4.90 Å². The van der Waals surface area contributed by atoms with Gasteiger partial charge in [0.2, 0.25) is 4.77 Å². The van der Waals surface area contributed by atoms with Crippen molar-refractivity contribution in [3.63, 3.8) is 0 Å². The zero-order valence-electron chi connectivity index (χ0n) is 16.0. The maximum atomic E-state index is 12.5. The Hall–Kier alpha value is -2.36. The third-order valence-corrected chi connectivity index (χ3v) is 6.20. The SMILES string of the molecule is Cc1cc(C)cc(-n2nnn(C[NH+]3CCN(C(=O)c4cccs4)CC3)c2=S)c1.